The summed E-state index contributed by atoms with van der Waals surface area (Å²) in [6.45, 7) is 5.04. The van der Waals surface area contributed by atoms with E-state index in [9.17, 15) is 12.8 Å². The largest absolute Gasteiger partial charge is 0.384 e. The van der Waals surface area contributed by atoms with E-state index in [1.54, 1.807) is 0 Å². The van der Waals surface area contributed by atoms with Crippen molar-refractivity contribution in [2.45, 2.75) is 20.8 Å². The van der Waals surface area contributed by atoms with Crippen LogP contribution in [-0.2, 0) is 10.0 Å². The van der Waals surface area contributed by atoms with Crippen molar-refractivity contribution in [3.8, 4) is 11.8 Å². The first-order chi connectivity index (χ1) is 9.13. The predicted molar refractivity (Wildman–Crippen MR) is 77.2 cm³/mol. The molecule has 0 spiro atoms. The Morgan fingerprint density at radius 1 is 1.35 bits per heavy atom. The zero-order valence-corrected chi connectivity index (χ0v) is 12.5. The van der Waals surface area contributed by atoms with E-state index in [0.717, 1.165) is 12.1 Å². The maximum absolute atomic E-state index is 13.2. The number of hydrogen-bond acceptors (Lipinski definition) is 3. The molecule has 0 unspecified atom stereocenters. The van der Waals surface area contributed by atoms with Crippen LogP contribution in [0.15, 0.2) is 18.2 Å². The number of rotatable bonds is 3. The Morgan fingerprint density at radius 2 is 2.00 bits per heavy atom. The summed E-state index contributed by atoms with van der Waals surface area (Å²) in [5.74, 6) is 4.31. The Kier molecular flexibility index (Phi) is 5.15. The average molecular weight is 299 g/mol. The molecule has 0 saturated carbocycles. The zero-order chi connectivity index (χ0) is 15.4. The van der Waals surface area contributed by atoms with Crippen molar-refractivity contribution in [1.29, 1.82) is 0 Å². The molecule has 110 valence electrons. The predicted octanol–water partition coefficient (Wildman–Crippen LogP) is 1.96. The molecule has 0 radical (unpaired) electrons. The lowest BCUT2D eigenvalue weighted by Gasteiger charge is -2.19. The van der Waals surface area contributed by atoms with Crippen molar-refractivity contribution in [2.24, 2.45) is 5.41 Å². The molecule has 1 aromatic rings. The molecule has 0 aliphatic heterocycles. The minimum atomic E-state index is -3.56. The van der Waals surface area contributed by atoms with Gasteiger partial charge in [0, 0.05) is 0 Å². The first-order valence-corrected chi connectivity index (χ1v) is 7.68. The van der Waals surface area contributed by atoms with Crippen molar-refractivity contribution < 1.29 is 17.9 Å². The third-order valence-electron chi connectivity index (χ3n) is 2.17. The standard InChI is InChI=1S/C14H18FNO3S/c1-14(2,3)10-20(18,19)16-13-7-6-12(15)9-11(13)5-4-8-17/h6-7,9,16-17H,8,10H2,1-3H3. The topological polar surface area (TPSA) is 66.4 Å². The van der Waals surface area contributed by atoms with E-state index in [4.69, 9.17) is 5.11 Å². The summed E-state index contributed by atoms with van der Waals surface area (Å²) in [6, 6.07) is 3.59. The Bertz CT molecular complexity index is 637. The van der Waals surface area contributed by atoms with Crippen LogP contribution in [0.1, 0.15) is 26.3 Å². The Morgan fingerprint density at radius 3 is 2.55 bits per heavy atom. The molecule has 0 saturated heterocycles. The van der Waals surface area contributed by atoms with Gasteiger partial charge in [0.1, 0.15) is 12.4 Å². The third-order valence-corrected chi connectivity index (χ3v) is 3.95. The summed E-state index contributed by atoms with van der Waals surface area (Å²) in [5, 5.41) is 8.67. The van der Waals surface area contributed by atoms with E-state index >= 15 is 0 Å². The molecule has 20 heavy (non-hydrogen) atoms. The minimum Gasteiger partial charge on any atom is -0.384 e. The smallest absolute Gasteiger partial charge is 0.233 e. The highest BCUT2D eigenvalue weighted by atomic mass is 32.2. The van der Waals surface area contributed by atoms with E-state index in [2.05, 4.69) is 16.6 Å². The lowest BCUT2D eigenvalue weighted by molar-refractivity contribution is 0.350. The summed E-state index contributed by atoms with van der Waals surface area (Å²) in [6.07, 6.45) is 0. The van der Waals surface area contributed by atoms with Gasteiger partial charge in [0.15, 0.2) is 0 Å². The normalized spacial score (nSPS) is 11.7. The van der Waals surface area contributed by atoms with Gasteiger partial charge < -0.3 is 5.11 Å². The first-order valence-electron chi connectivity index (χ1n) is 6.03. The van der Waals surface area contributed by atoms with E-state index in [-0.39, 0.29) is 23.6 Å². The molecule has 0 amide bonds. The number of aliphatic hydroxyl groups is 1. The fourth-order valence-corrected chi connectivity index (χ4v) is 3.34. The molecule has 0 aliphatic carbocycles. The van der Waals surface area contributed by atoms with Crippen LogP contribution >= 0.6 is 0 Å². The van der Waals surface area contributed by atoms with Gasteiger partial charge in [-0.15, -0.1) is 0 Å². The van der Waals surface area contributed by atoms with Crippen molar-refractivity contribution in [3.05, 3.63) is 29.6 Å². The second kappa shape index (κ2) is 6.25. The molecule has 0 fully saturated rings. The average Bonchev–Trinajstić information content (AvgIpc) is 2.26. The number of halogens is 1. The van der Waals surface area contributed by atoms with Gasteiger partial charge in [-0.3, -0.25) is 4.72 Å². The molecular weight excluding hydrogens is 281 g/mol. The van der Waals surface area contributed by atoms with Crippen LogP contribution < -0.4 is 4.72 Å². The van der Waals surface area contributed by atoms with Crippen LogP contribution in [0.2, 0.25) is 0 Å². The van der Waals surface area contributed by atoms with Crippen molar-refractivity contribution in [3.63, 3.8) is 0 Å². The van der Waals surface area contributed by atoms with Crippen LogP contribution in [-0.4, -0.2) is 25.9 Å². The van der Waals surface area contributed by atoms with E-state index in [0.29, 0.717) is 0 Å². The number of sulfonamides is 1. The maximum atomic E-state index is 13.2. The fraction of sp³-hybridized carbons (Fsp3) is 0.429. The van der Waals surface area contributed by atoms with Gasteiger partial charge in [0.25, 0.3) is 0 Å². The second-order valence-corrected chi connectivity index (χ2v) is 7.29. The van der Waals surface area contributed by atoms with Gasteiger partial charge >= 0.3 is 0 Å². The highest BCUT2D eigenvalue weighted by Crippen LogP contribution is 2.21. The quantitative estimate of drug-likeness (QED) is 0.839. The fourth-order valence-electron chi connectivity index (χ4n) is 1.62. The molecule has 0 heterocycles. The molecule has 6 heteroatoms. The van der Waals surface area contributed by atoms with Gasteiger partial charge in [-0.2, -0.15) is 0 Å². The van der Waals surface area contributed by atoms with Gasteiger partial charge in [-0.05, 0) is 23.6 Å². The minimum absolute atomic E-state index is 0.0652. The van der Waals surface area contributed by atoms with Gasteiger partial charge in [-0.25, -0.2) is 12.8 Å². The summed E-state index contributed by atoms with van der Waals surface area (Å²) >= 11 is 0. The summed E-state index contributed by atoms with van der Waals surface area (Å²) < 4.78 is 39.6. The maximum Gasteiger partial charge on any atom is 0.233 e. The molecule has 0 aromatic heterocycles. The van der Waals surface area contributed by atoms with E-state index < -0.39 is 21.3 Å². The van der Waals surface area contributed by atoms with Gasteiger partial charge in [-0.1, -0.05) is 32.6 Å². The molecular formula is C14H18FNO3S. The summed E-state index contributed by atoms with van der Waals surface area (Å²) in [5.41, 5.74) is -0.00358. The van der Waals surface area contributed by atoms with Crippen molar-refractivity contribution in [1.82, 2.24) is 0 Å². The highest BCUT2D eigenvalue weighted by Gasteiger charge is 2.22. The molecule has 1 rings (SSSR count). The Labute approximate surface area is 119 Å². The zero-order valence-electron chi connectivity index (χ0n) is 11.7. The van der Waals surface area contributed by atoms with E-state index in [1.807, 2.05) is 20.8 Å². The summed E-state index contributed by atoms with van der Waals surface area (Å²) in [7, 11) is -3.56. The van der Waals surface area contributed by atoms with Crippen LogP contribution in [0.5, 0.6) is 0 Å². The SMILES string of the molecule is CC(C)(C)CS(=O)(=O)Nc1ccc(F)cc1C#CCO. The lowest BCUT2D eigenvalue weighted by atomic mass is 10.0. The van der Waals surface area contributed by atoms with E-state index in [1.165, 1.54) is 6.07 Å². The lowest BCUT2D eigenvalue weighted by Crippen LogP contribution is -2.26. The Balaban J connectivity index is 3.09. The number of nitrogens with one attached hydrogen (secondary N) is 1. The third kappa shape index (κ3) is 5.59. The van der Waals surface area contributed by atoms with Crippen LogP contribution in [0, 0.1) is 23.1 Å². The molecule has 1 aromatic carbocycles. The van der Waals surface area contributed by atoms with Crippen molar-refractivity contribution in [2.75, 3.05) is 17.1 Å². The molecule has 0 atom stereocenters. The van der Waals surface area contributed by atoms with Crippen molar-refractivity contribution >= 4 is 15.7 Å². The molecule has 0 bridgehead atoms. The Hall–Kier alpha value is -1.58. The van der Waals surface area contributed by atoms with Crippen LogP contribution in [0.4, 0.5) is 10.1 Å². The number of benzene rings is 1. The van der Waals surface area contributed by atoms with Gasteiger partial charge in [0.2, 0.25) is 10.0 Å². The molecule has 0 aliphatic rings. The van der Waals surface area contributed by atoms with Crippen LogP contribution in [0.25, 0.3) is 0 Å². The highest BCUT2D eigenvalue weighted by molar-refractivity contribution is 7.92. The number of hydrogen-bond donors (Lipinski definition) is 2. The second-order valence-electron chi connectivity index (χ2n) is 5.57. The molecule has 4 nitrogen and oxygen atoms in total. The molecule has 2 N–H and O–H groups in total. The number of aliphatic hydroxyl groups excluding tert-OH is 1. The van der Waals surface area contributed by atoms with Crippen LogP contribution in [0.3, 0.4) is 0 Å². The monoisotopic (exact) mass is 299 g/mol. The first kappa shape index (κ1) is 16.5. The summed E-state index contributed by atoms with van der Waals surface area (Å²) in [4.78, 5) is 0. The van der Waals surface area contributed by atoms with Gasteiger partial charge in [0.05, 0.1) is 17.0 Å². The number of anilines is 1.